The predicted octanol–water partition coefficient (Wildman–Crippen LogP) is 2.22. The number of nitrogens with zero attached hydrogens (tertiary/aromatic N) is 2. The second kappa shape index (κ2) is 5.85. The number of nitriles is 1. The van der Waals surface area contributed by atoms with Crippen molar-refractivity contribution in [3.63, 3.8) is 0 Å². The van der Waals surface area contributed by atoms with Gasteiger partial charge in [0.25, 0.3) is 5.56 Å². The third-order valence-corrected chi connectivity index (χ3v) is 3.40. The minimum Gasteiger partial charge on any atom is -0.445 e. The SMILES string of the molecule is CSc1nc(-c2ccc(F)cc2[B-](F)(F)F)c(C#N)c(=O)[nH]1. The van der Waals surface area contributed by atoms with Crippen LogP contribution in [-0.4, -0.2) is 23.2 Å². The standard InChI is InChI=1S/C12H7BF4N3OS/c1-22-12-19-10(8(5-18)11(21)20-12)7-3-2-6(14)4-9(7)13(15,16)17/h2-4H,1H3,(H,19,20,21)/q-1. The summed E-state index contributed by atoms with van der Waals surface area (Å²) in [4.78, 5) is 17.9. The zero-order valence-electron chi connectivity index (χ0n) is 11.0. The summed E-state index contributed by atoms with van der Waals surface area (Å²) in [5.74, 6) is -1.06. The molecule has 0 amide bonds. The lowest BCUT2D eigenvalue weighted by Crippen LogP contribution is -2.36. The van der Waals surface area contributed by atoms with E-state index in [1.165, 1.54) is 6.07 Å². The number of hydrogen-bond acceptors (Lipinski definition) is 4. The van der Waals surface area contributed by atoms with Gasteiger partial charge >= 0.3 is 6.98 Å². The Hall–Kier alpha value is -2.28. The summed E-state index contributed by atoms with van der Waals surface area (Å²) >= 11 is 1.00. The Labute approximate surface area is 126 Å². The molecule has 1 N–H and O–H groups in total. The summed E-state index contributed by atoms with van der Waals surface area (Å²) in [6, 6.07) is 3.56. The van der Waals surface area contributed by atoms with Crippen LogP contribution in [0.25, 0.3) is 11.3 Å². The normalized spacial score (nSPS) is 11.3. The van der Waals surface area contributed by atoms with Crippen LogP contribution in [0.2, 0.25) is 0 Å². The number of aromatic amines is 1. The lowest BCUT2D eigenvalue weighted by atomic mass is 9.75. The fourth-order valence-electron chi connectivity index (χ4n) is 1.87. The van der Waals surface area contributed by atoms with Crippen LogP contribution in [0.15, 0.2) is 28.2 Å². The minimum atomic E-state index is -5.54. The van der Waals surface area contributed by atoms with E-state index in [0.717, 1.165) is 23.9 Å². The van der Waals surface area contributed by atoms with Gasteiger partial charge in [-0.15, -0.1) is 0 Å². The largest absolute Gasteiger partial charge is 0.510 e. The van der Waals surface area contributed by atoms with Crippen LogP contribution in [0.5, 0.6) is 0 Å². The van der Waals surface area contributed by atoms with Crippen molar-refractivity contribution in [2.45, 2.75) is 5.16 Å². The van der Waals surface area contributed by atoms with Crippen molar-refractivity contribution < 1.29 is 17.3 Å². The van der Waals surface area contributed by atoms with Gasteiger partial charge in [-0.25, -0.2) is 9.37 Å². The highest BCUT2D eigenvalue weighted by Gasteiger charge is 2.30. The van der Waals surface area contributed by atoms with Crippen LogP contribution in [0, 0.1) is 17.1 Å². The van der Waals surface area contributed by atoms with E-state index in [1.807, 2.05) is 0 Å². The molecule has 0 aliphatic heterocycles. The molecule has 0 saturated heterocycles. The fraction of sp³-hybridized carbons (Fsp3) is 0.0833. The Morgan fingerprint density at radius 3 is 2.59 bits per heavy atom. The first-order valence-corrected chi connectivity index (χ1v) is 7.08. The summed E-state index contributed by atoms with van der Waals surface area (Å²) in [5, 5.41) is 9.06. The van der Waals surface area contributed by atoms with Gasteiger partial charge in [0, 0.05) is 0 Å². The van der Waals surface area contributed by atoms with Gasteiger partial charge in [0.15, 0.2) is 5.16 Å². The molecule has 1 heterocycles. The van der Waals surface area contributed by atoms with E-state index in [0.29, 0.717) is 6.07 Å². The van der Waals surface area contributed by atoms with Crippen LogP contribution in [0.1, 0.15) is 5.56 Å². The molecular weight excluding hydrogens is 321 g/mol. The second-order valence-corrected chi connectivity index (χ2v) is 5.01. The molecule has 114 valence electrons. The Morgan fingerprint density at radius 1 is 1.36 bits per heavy atom. The lowest BCUT2D eigenvalue weighted by Gasteiger charge is -2.20. The molecular formula is C12H7BF4N3OS-. The van der Waals surface area contributed by atoms with Crippen LogP contribution >= 0.6 is 11.8 Å². The second-order valence-electron chi connectivity index (χ2n) is 4.22. The molecule has 1 aromatic heterocycles. The van der Waals surface area contributed by atoms with Gasteiger partial charge in [-0.2, -0.15) is 5.26 Å². The predicted molar refractivity (Wildman–Crippen MR) is 75.5 cm³/mol. The highest BCUT2D eigenvalue weighted by atomic mass is 32.2. The van der Waals surface area contributed by atoms with E-state index in [1.54, 1.807) is 6.26 Å². The lowest BCUT2D eigenvalue weighted by molar-refractivity contribution is 0.500. The van der Waals surface area contributed by atoms with Crippen molar-refractivity contribution >= 4 is 24.2 Å². The highest BCUT2D eigenvalue weighted by Crippen LogP contribution is 2.24. The number of thioether (sulfide) groups is 1. The number of aromatic nitrogens is 2. The maximum absolute atomic E-state index is 13.2. The molecule has 22 heavy (non-hydrogen) atoms. The van der Waals surface area contributed by atoms with Gasteiger partial charge in [-0.1, -0.05) is 29.4 Å². The van der Waals surface area contributed by atoms with Gasteiger partial charge < -0.3 is 17.9 Å². The van der Waals surface area contributed by atoms with E-state index in [4.69, 9.17) is 5.26 Å². The number of benzene rings is 1. The van der Waals surface area contributed by atoms with Crippen LogP contribution < -0.4 is 11.0 Å². The summed E-state index contributed by atoms with van der Waals surface area (Å²) < 4.78 is 52.5. The molecule has 0 bridgehead atoms. The molecule has 2 aromatic rings. The van der Waals surface area contributed by atoms with E-state index in [9.17, 15) is 22.1 Å². The molecule has 0 spiro atoms. The number of hydrogen-bond donors (Lipinski definition) is 1. The first-order chi connectivity index (χ1) is 10.3. The molecule has 0 radical (unpaired) electrons. The quantitative estimate of drug-likeness (QED) is 0.406. The molecule has 0 atom stereocenters. The van der Waals surface area contributed by atoms with Gasteiger partial charge in [0.1, 0.15) is 17.4 Å². The average Bonchev–Trinajstić information content (AvgIpc) is 2.45. The number of halogens is 4. The maximum atomic E-state index is 13.2. The summed E-state index contributed by atoms with van der Waals surface area (Å²) in [5.41, 5.74) is -3.54. The fourth-order valence-corrected chi connectivity index (χ4v) is 2.25. The summed E-state index contributed by atoms with van der Waals surface area (Å²) in [6.45, 7) is -5.54. The first kappa shape index (κ1) is 16.1. The van der Waals surface area contributed by atoms with Crippen LogP contribution in [-0.2, 0) is 0 Å². The minimum absolute atomic E-state index is 0.0592. The highest BCUT2D eigenvalue weighted by molar-refractivity contribution is 7.98. The van der Waals surface area contributed by atoms with Crippen LogP contribution in [0.3, 0.4) is 0 Å². The topological polar surface area (TPSA) is 69.5 Å². The Kier molecular flexibility index (Phi) is 4.28. The third-order valence-electron chi connectivity index (χ3n) is 2.82. The van der Waals surface area contributed by atoms with Gasteiger partial charge in [-0.05, 0) is 17.9 Å². The molecule has 2 rings (SSSR count). The summed E-state index contributed by atoms with van der Waals surface area (Å²) in [6.07, 6.45) is 1.56. The number of nitrogens with one attached hydrogen (secondary N) is 1. The molecule has 0 saturated carbocycles. The Bertz CT molecular complexity index is 829. The molecule has 0 unspecified atom stereocenters. The van der Waals surface area contributed by atoms with Crippen molar-refractivity contribution in [3.05, 3.63) is 39.9 Å². The third kappa shape index (κ3) is 2.99. The summed E-state index contributed by atoms with van der Waals surface area (Å²) in [7, 11) is 0. The average molecular weight is 328 g/mol. The zero-order valence-corrected chi connectivity index (χ0v) is 11.8. The molecule has 1 aromatic carbocycles. The monoisotopic (exact) mass is 328 g/mol. The molecule has 0 fully saturated rings. The molecule has 4 nitrogen and oxygen atoms in total. The first-order valence-electron chi connectivity index (χ1n) is 5.86. The van der Waals surface area contributed by atoms with Crippen molar-refractivity contribution in [1.29, 1.82) is 5.26 Å². The Morgan fingerprint density at radius 2 is 2.05 bits per heavy atom. The van der Waals surface area contributed by atoms with Crippen molar-refractivity contribution in [1.82, 2.24) is 9.97 Å². The zero-order chi connectivity index (χ0) is 16.5. The van der Waals surface area contributed by atoms with Gasteiger partial charge in [-0.3, -0.25) is 4.79 Å². The Balaban J connectivity index is 2.86. The van der Waals surface area contributed by atoms with E-state index < -0.39 is 40.6 Å². The van der Waals surface area contributed by atoms with E-state index >= 15 is 0 Å². The van der Waals surface area contributed by atoms with E-state index in [-0.39, 0.29) is 5.16 Å². The molecule has 10 heteroatoms. The van der Waals surface area contributed by atoms with E-state index in [2.05, 4.69) is 9.97 Å². The van der Waals surface area contributed by atoms with Crippen LogP contribution in [0.4, 0.5) is 17.3 Å². The van der Waals surface area contributed by atoms with Crippen molar-refractivity contribution in [2.75, 3.05) is 6.26 Å². The molecule has 0 aliphatic carbocycles. The number of rotatable bonds is 3. The van der Waals surface area contributed by atoms with Crippen molar-refractivity contribution in [3.8, 4) is 17.3 Å². The van der Waals surface area contributed by atoms with Gasteiger partial charge in [0.05, 0.1) is 5.69 Å². The maximum Gasteiger partial charge on any atom is 0.510 e. The number of H-pyrrole nitrogens is 1. The molecule has 0 aliphatic rings. The van der Waals surface area contributed by atoms with Gasteiger partial charge in [0.2, 0.25) is 0 Å². The van der Waals surface area contributed by atoms with Crippen molar-refractivity contribution in [2.24, 2.45) is 0 Å². The smallest absolute Gasteiger partial charge is 0.445 e.